The summed E-state index contributed by atoms with van der Waals surface area (Å²) in [6, 6.07) is 4.38. The molecule has 0 heterocycles. The third-order valence-electron chi connectivity index (χ3n) is 1.48. The fraction of sp³-hybridized carbons (Fsp3) is 0.143. The molecular formula is C7H8BFO. The molecule has 0 aromatic heterocycles. The van der Waals surface area contributed by atoms with Crippen LogP contribution in [0, 0.1) is 5.82 Å². The highest BCUT2D eigenvalue weighted by atomic mass is 19.1. The number of halogens is 1. The molecule has 0 atom stereocenters. The van der Waals surface area contributed by atoms with Crippen molar-refractivity contribution in [1.82, 2.24) is 0 Å². The molecule has 1 rings (SSSR count). The topological polar surface area (TPSA) is 20.2 Å². The van der Waals surface area contributed by atoms with Crippen LogP contribution in [0.4, 0.5) is 4.39 Å². The van der Waals surface area contributed by atoms with Crippen LogP contribution in [0.15, 0.2) is 18.2 Å². The zero-order valence-corrected chi connectivity index (χ0v) is 5.76. The molecule has 0 fully saturated rings. The average Bonchev–Trinajstić information content (AvgIpc) is 1.94. The van der Waals surface area contributed by atoms with E-state index in [1.807, 2.05) is 7.85 Å². The number of benzene rings is 1. The van der Waals surface area contributed by atoms with E-state index >= 15 is 0 Å². The van der Waals surface area contributed by atoms with Crippen molar-refractivity contribution >= 4 is 13.3 Å². The molecule has 0 aliphatic heterocycles. The van der Waals surface area contributed by atoms with Gasteiger partial charge in [-0.15, -0.1) is 0 Å². The van der Waals surface area contributed by atoms with Crippen LogP contribution < -0.4 is 5.46 Å². The Bertz CT molecular complexity index is 237. The van der Waals surface area contributed by atoms with Gasteiger partial charge < -0.3 is 5.11 Å². The molecule has 1 N–H and O–H groups in total. The lowest BCUT2D eigenvalue weighted by Gasteiger charge is -2.00. The summed E-state index contributed by atoms with van der Waals surface area (Å²) in [7, 11) is 1.84. The number of hydrogen-bond acceptors (Lipinski definition) is 1. The molecule has 10 heavy (non-hydrogen) atoms. The van der Waals surface area contributed by atoms with Crippen molar-refractivity contribution in [3.8, 4) is 0 Å². The van der Waals surface area contributed by atoms with Crippen LogP contribution in [-0.4, -0.2) is 13.0 Å². The van der Waals surface area contributed by atoms with Gasteiger partial charge in [-0.2, -0.15) is 0 Å². The molecule has 0 saturated carbocycles. The molecule has 0 aliphatic carbocycles. The van der Waals surface area contributed by atoms with Gasteiger partial charge in [0, 0.05) is 0 Å². The maximum absolute atomic E-state index is 12.4. The smallest absolute Gasteiger partial charge is 0.139 e. The summed E-state index contributed by atoms with van der Waals surface area (Å²) in [4.78, 5) is 0. The first kappa shape index (κ1) is 7.28. The highest BCUT2D eigenvalue weighted by Crippen LogP contribution is 1.99. The zero-order chi connectivity index (χ0) is 7.56. The Morgan fingerprint density at radius 2 is 2.20 bits per heavy atom. The van der Waals surface area contributed by atoms with E-state index in [-0.39, 0.29) is 12.4 Å². The molecule has 0 radical (unpaired) electrons. The monoisotopic (exact) mass is 138 g/mol. The Hall–Kier alpha value is -0.825. The van der Waals surface area contributed by atoms with Crippen molar-refractivity contribution in [3.05, 3.63) is 29.6 Å². The summed E-state index contributed by atoms with van der Waals surface area (Å²) in [6.07, 6.45) is 0. The van der Waals surface area contributed by atoms with Crippen molar-refractivity contribution in [3.63, 3.8) is 0 Å². The molecule has 0 saturated heterocycles. The maximum Gasteiger partial charge on any atom is 0.139 e. The van der Waals surface area contributed by atoms with Crippen LogP contribution >= 0.6 is 0 Å². The van der Waals surface area contributed by atoms with Gasteiger partial charge in [-0.1, -0.05) is 11.5 Å². The standard InChI is InChI=1S/C7H8BFO/c8-7-2-1-6(9)3-5(7)4-10/h1-3,10H,4,8H2. The Morgan fingerprint density at radius 3 is 2.70 bits per heavy atom. The Balaban J connectivity index is 3.09. The summed E-state index contributed by atoms with van der Waals surface area (Å²) >= 11 is 0. The minimum atomic E-state index is -0.297. The van der Waals surface area contributed by atoms with Gasteiger partial charge in [-0.3, -0.25) is 0 Å². The van der Waals surface area contributed by atoms with Gasteiger partial charge in [0.05, 0.1) is 6.61 Å². The van der Waals surface area contributed by atoms with E-state index in [9.17, 15) is 4.39 Å². The van der Waals surface area contributed by atoms with Crippen LogP contribution in [0.2, 0.25) is 0 Å². The maximum atomic E-state index is 12.4. The fourth-order valence-corrected chi connectivity index (χ4v) is 0.810. The molecule has 0 bridgehead atoms. The Labute approximate surface area is 59.9 Å². The summed E-state index contributed by atoms with van der Waals surface area (Å²) < 4.78 is 12.4. The number of aliphatic hydroxyl groups is 1. The van der Waals surface area contributed by atoms with Crippen LogP contribution in [0.25, 0.3) is 0 Å². The van der Waals surface area contributed by atoms with E-state index in [0.717, 1.165) is 5.46 Å². The Kier molecular flexibility index (Phi) is 2.07. The summed E-state index contributed by atoms with van der Waals surface area (Å²) in [5.74, 6) is -0.297. The fourth-order valence-electron chi connectivity index (χ4n) is 0.810. The lowest BCUT2D eigenvalue weighted by Crippen LogP contribution is -2.09. The van der Waals surface area contributed by atoms with E-state index < -0.39 is 0 Å². The third-order valence-corrected chi connectivity index (χ3v) is 1.48. The van der Waals surface area contributed by atoms with Crippen LogP contribution in [0.3, 0.4) is 0 Å². The second kappa shape index (κ2) is 2.84. The SMILES string of the molecule is Bc1ccc(F)cc1CO. The number of aliphatic hydroxyl groups excluding tert-OH is 1. The minimum Gasteiger partial charge on any atom is -0.392 e. The predicted octanol–water partition coefficient (Wildman–Crippen LogP) is -0.424. The van der Waals surface area contributed by atoms with Gasteiger partial charge in [0.2, 0.25) is 0 Å². The van der Waals surface area contributed by atoms with Crippen molar-refractivity contribution in [1.29, 1.82) is 0 Å². The molecule has 52 valence electrons. The van der Waals surface area contributed by atoms with E-state index in [4.69, 9.17) is 5.11 Å². The van der Waals surface area contributed by atoms with Gasteiger partial charge in [0.1, 0.15) is 13.7 Å². The molecule has 0 aliphatic rings. The van der Waals surface area contributed by atoms with Gasteiger partial charge in [-0.25, -0.2) is 4.39 Å². The number of hydrogen-bond donors (Lipinski definition) is 1. The van der Waals surface area contributed by atoms with Crippen molar-refractivity contribution in [2.75, 3.05) is 0 Å². The van der Waals surface area contributed by atoms with Gasteiger partial charge in [-0.05, 0) is 17.7 Å². The summed E-state index contributed by atoms with van der Waals surface area (Å²) in [6.45, 7) is -0.0937. The van der Waals surface area contributed by atoms with E-state index in [1.54, 1.807) is 6.07 Å². The largest absolute Gasteiger partial charge is 0.392 e. The van der Waals surface area contributed by atoms with E-state index in [2.05, 4.69) is 0 Å². The molecule has 0 unspecified atom stereocenters. The van der Waals surface area contributed by atoms with E-state index in [1.165, 1.54) is 12.1 Å². The average molecular weight is 138 g/mol. The van der Waals surface area contributed by atoms with Gasteiger partial charge in [0.15, 0.2) is 0 Å². The lowest BCUT2D eigenvalue weighted by molar-refractivity contribution is 0.282. The predicted molar refractivity (Wildman–Crippen MR) is 40.5 cm³/mol. The lowest BCUT2D eigenvalue weighted by atomic mass is 9.91. The molecule has 0 amide bonds. The van der Waals surface area contributed by atoms with Crippen LogP contribution in [0.5, 0.6) is 0 Å². The second-order valence-corrected chi connectivity index (χ2v) is 2.23. The zero-order valence-electron chi connectivity index (χ0n) is 5.76. The first-order valence-corrected chi connectivity index (χ1v) is 3.10. The number of rotatable bonds is 1. The first-order valence-electron chi connectivity index (χ1n) is 3.10. The second-order valence-electron chi connectivity index (χ2n) is 2.23. The molecule has 0 spiro atoms. The van der Waals surface area contributed by atoms with Crippen LogP contribution in [-0.2, 0) is 6.61 Å². The van der Waals surface area contributed by atoms with Crippen molar-refractivity contribution in [2.24, 2.45) is 0 Å². The normalized spacial score (nSPS) is 9.80. The quantitative estimate of drug-likeness (QED) is 0.522. The first-order chi connectivity index (χ1) is 4.74. The molecule has 1 aromatic rings. The third kappa shape index (κ3) is 1.36. The van der Waals surface area contributed by atoms with E-state index in [0.29, 0.717) is 5.56 Å². The Morgan fingerprint density at radius 1 is 1.50 bits per heavy atom. The van der Waals surface area contributed by atoms with Crippen LogP contribution in [0.1, 0.15) is 5.56 Å². The molecule has 3 heteroatoms. The van der Waals surface area contributed by atoms with Gasteiger partial charge >= 0.3 is 0 Å². The molecule has 1 nitrogen and oxygen atoms in total. The molecule has 1 aromatic carbocycles. The van der Waals surface area contributed by atoms with Crippen molar-refractivity contribution in [2.45, 2.75) is 6.61 Å². The minimum absolute atomic E-state index is 0.0937. The van der Waals surface area contributed by atoms with Crippen molar-refractivity contribution < 1.29 is 9.50 Å². The summed E-state index contributed by atoms with van der Waals surface area (Å²) in [5.41, 5.74) is 1.57. The highest BCUT2D eigenvalue weighted by molar-refractivity contribution is 6.33. The van der Waals surface area contributed by atoms with Gasteiger partial charge in [0.25, 0.3) is 0 Å². The molecular weight excluding hydrogens is 130 g/mol. The summed E-state index contributed by atoms with van der Waals surface area (Å²) in [5, 5.41) is 8.68. The highest BCUT2D eigenvalue weighted by Gasteiger charge is 1.96.